The van der Waals surface area contributed by atoms with Crippen molar-refractivity contribution in [1.29, 1.82) is 0 Å². The lowest BCUT2D eigenvalue weighted by molar-refractivity contribution is 0.0698. The van der Waals surface area contributed by atoms with Crippen molar-refractivity contribution >= 4 is 16.9 Å². The summed E-state index contributed by atoms with van der Waals surface area (Å²) in [4.78, 5) is 25.5. The molecule has 0 aliphatic heterocycles. The fraction of sp³-hybridized carbons (Fsp3) is 0.167. The monoisotopic (exact) mass is 388 g/mol. The van der Waals surface area contributed by atoms with Crippen molar-refractivity contribution in [3.8, 4) is 17.1 Å². The molecule has 4 rings (SSSR count). The van der Waals surface area contributed by atoms with E-state index in [9.17, 15) is 9.59 Å². The Kier molecular flexibility index (Phi) is 4.59. The molecule has 0 spiro atoms. The summed E-state index contributed by atoms with van der Waals surface area (Å²) >= 11 is 0. The number of para-hydroxylation sites is 1. The molecule has 0 bridgehead atoms. The van der Waals surface area contributed by atoms with Crippen LogP contribution in [0.4, 0.5) is 0 Å². The molecule has 0 aliphatic carbocycles. The van der Waals surface area contributed by atoms with Gasteiger partial charge >= 0.3 is 5.97 Å². The second-order valence-corrected chi connectivity index (χ2v) is 7.78. The molecule has 5 heteroatoms. The van der Waals surface area contributed by atoms with Crippen LogP contribution < -0.4 is 10.2 Å². The van der Waals surface area contributed by atoms with Crippen LogP contribution in [0.1, 0.15) is 36.9 Å². The highest BCUT2D eigenvalue weighted by Gasteiger charge is 2.23. The van der Waals surface area contributed by atoms with E-state index in [4.69, 9.17) is 13.6 Å². The largest absolute Gasteiger partial charge is 0.457 e. The van der Waals surface area contributed by atoms with Gasteiger partial charge in [0.25, 0.3) is 0 Å². The summed E-state index contributed by atoms with van der Waals surface area (Å²) in [5, 5.41) is 0.338. The van der Waals surface area contributed by atoms with E-state index in [0.29, 0.717) is 16.5 Å². The topological polar surface area (TPSA) is 69.7 Å². The molecule has 2 aromatic heterocycles. The third kappa shape index (κ3) is 3.59. The first-order valence-corrected chi connectivity index (χ1v) is 9.27. The maximum atomic E-state index is 13.1. The van der Waals surface area contributed by atoms with Gasteiger partial charge in [-0.05, 0) is 35.2 Å². The molecule has 0 saturated carbocycles. The average molecular weight is 388 g/mol. The van der Waals surface area contributed by atoms with Gasteiger partial charge in [0.15, 0.2) is 5.76 Å². The highest BCUT2D eigenvalue weighted by Crippen LogP contribution is 2.33. The molecule has 0 N–H and O–H groups in total. The minimum Gasteiger partial charge on any atom is -0.457 e. The Bertz CT molecular complexity index is 1220. The lowest BCUT2D eigenvalue weighted by Gasteiger charge is -2.19. The first-order valence-electron chi connectivity index (χ1n) is 9.27. The van der Waals surface area contributed by atoms with Gasteiger partial charge in [-0.3, -0.25) is 4.79 Å². The predicted octanol–water partition coefficient (Wildman–Crippen LogP) is 5.57. The van der Waals surface area contributed by atoms with Crippen molar-refractivity contribution in [2.75, 3.05) is 0 Å². The van der Waals surface area contributed by atoms with E-state index in [1.165, 1.54) is 12.3 Å². The minimum atomic E-state index is -0.759. The van der Waals surface area contributed by atoms with Gasteiger partial charge in [-0.2, -0.15) is 0 Å². The summed E-state index contributed by atoms with van der Waals surface area (Å²) in [6.07, 6.45) is 1.37. The van der Waals surface area contributed by atoms with Crippen LogP contribution in [0.2, 0.25) is 0 Å². The van der Waals surface area contributed by atoms with Crippen LogP contribution in [-0.4, -0.2) is 5.97 Å². The van der Waals surface area contributed by atoms with Crippen LogP contribution >= 0.6 is 0 Å². The zero-order valence-corrected chi connectivity index (χ0v) is 16.4. The first kappa shape index (κ1) is 18.7. The molecule has 0 unspecified atom stereocenters. The molecule has 146 valence electrons. The summed E-state index contributed by atoms with van der Waals surface area (Å²) < 4.78 is 16.5. The predicted molar refractivity (Wildman–Crippen MR) is 110 cm³/mol. The minimum absolute atomic E-state index is 0.00610. The van der Waals surface area contributed by atoms with Crippen LogP contribution in [0.3, 0.4) is 0 Å². The molecule has 0 aliphatic rings. The van der Waals surface area contributed by atoms with Crippen LogP contribution in [0.15, 0.2) is 80.6 Å². The second-order valence-electron chi connectivity index (χ2n) is 7.78. The molecular formula is C24H20O5. The standard InChI is InChI=1S/C24H20O5/c1-24(2,3)16-12-10-15(11-13-16)21-22(29-23(26)19-9-6-14-27-19)20(25)17-7-4-5-8-18(17)28-21/h4-14H,1-3H3. The Hall–Kier alpha value is -3.60. The van der Waals surface area contributed by atoms with Crippen molar-refractivity contribution in [2.45, 2.75) is 26.2 Å². The van der Waals surface area contributed by atoms with Gasteiger partial charge in [-0.15, -0.1) is 0 Å². The fourth-order valence-corrected chi connectivity index (χ4v) is 3.07. The Morgan fingerprint density at radius 2 is 1.66 bits per heavy atom. The van der Waals surface area contributed by atoms with Crippen molar-refractivity contribution in [3.05, 3.63) is 88.5 Å². The molecule has 4 aromatic rings. The van der Waals surface area contributed by atoms with Gasteiger partial charge in [0.2, 0.25) is 16.9 Å². The van der Waals surface area contributed by atoms with Gasteiger partial charge in [-0.1, -0.05) is 57.2 Å². The van der Waals surface area contributed by atoms with Crippen LogP contribution in [0.25, 0.3) is 22.3 Å². The number of ether oxygens (including phenoxy) is 1. The first-order chi connectivity index (χ1) is 13.8. The summed E-state index contributed by atoms with van der Waals surface area (Å²) in [6, 6.07) is 17.6. The molecule has 2 aromatic carbocycles. The number of rotatable bonds is 3. The smallest absolute Gasteiger partial charge is 0.379 e. The normalized spacial score (nSPS) is 11.6. The molecule has 0 radical (unpaired) electrons. The fourth-order valence-electron chi connectivity index (χ4n) is 3.07. The average Bonchev–Trinajstić information content (AvgIpc) is 3.24. The van der Waals surface area contributed by atoms with Gasteiger partial charge in [0.1, 0.15) is 5.58 Å². The van der Waals surface area contributed by atoms with E-state index >= 15 is 0 Å². The number of carbonyl (C=O) groups is 1. The molecule has 5 nitrogen and oxygen atoms in total. The highest BCUT2D eigenvalue weighted by molar-refractivity contribution is 5.90. The van der Waals surface area contributed by atoms with Gasteiger partial charge in [-0.25, -0.2) is 4.79 Å². The van der Waals surface area contributed by atoms with Gasteiger partial charge in [0, 0.05) is 5.56 Å². The van der Waals surface area contributed by atoms with E-state index in [1.807, 2.05) is 24.3 Å². The maximum absolute atomic E-state index is 13.1. The van der Waals surface area contributed by atoms with Crippen LogP contribution in [0.5, 0.6) is 5.75 Å². The molecule has 0 saturated heterocycles. The van der Waals surface area contributed by atoms with Gasteiger partial charge < -0.3 is 13.6 Å². The van der Waals surface area contributed by atoms with Gasteiger partial charge in [0.05, 0.1) is 11.6 Å². The number of esters is 1. The van der Waals surface area contributed by atoms with Crippen molar-refractivity contribution in [1.82, 2.24) is 0 Å². The lowest BCUT2D eigenvalue weighted by atomic mass is 9.86. The number of hydrogen-bond acceptors (Lipinski definition) is 5. The van der Waals surface area contributed by atoms with Crippen molar-refractivity contribution < 1.29 is 18.4 Å². The second kappa shape index (κ2) is 7.09. The Morgan fingerprint density at radius 3 is 2.31 bits per heavy atom. The summed E-state index contributed by atoms with van der Waals surface area (Å²) in [5.74, 6) is -0.709. The third-order valence-electron chi connectivity index (χ3n) is 4.69. The van der Waals surface area contributed by atoms with Crippen LogP contribution in [-0.2, 0) is 5.41 Å². The number of fused-ring (bicyclic) bond motifs is 1. The summed E-state index contributed by atoms with van der Waals surface area (Å²) in [5.41, 5.74) is 1.77. The quantitative estimate of drug-likeness (QED) is 0.429. The maximum Gasteiger partial charge on any atom is 0.379 e. The van der Waals surface area contributed by atoms with E-state index in [0.717, 1.165) is 5.56 Å². The molecular weight excluding hydrogens is 368 g/mol. The van der Waals surface area contributed by atoms with E-state index in [-0.39, 0.29) is 22.7 Å². The molecule has 0 fully saturated rings. The molecule has 29 heavy (non-hydrogen) atoms. The molecule has 2 heterocycles. The third-order valence-corrected chi connectivity index (χ3v) is 4.69. The highest BCUT2D eigenvalue weighted by atomic mass is 16.6. The number of furan rings is 1. The van der Waals surface area contributed by atoms with Crippen molar-refractivity contribution in [2.24, 2.45) is 0 Å². The zero-order valence-electron chi connectivity index (χ0n) is 16.4. The van der Waals surface area contributed by atoms with E-state index < -0.39 is 11.4 Å². The van der Waals surface area contributed by atoms with E-state index in [1.54, 1.807) is 30.3 Å². The van der Waals surface area contributed by atoms with Crippen LogP contribution in [0, 0.1) is 0 Å². The number of hydrogen-bond donors (Lipinski definition) is 0. The Balaban J connectivity index is 1.87. The van der Waals surface area contributed by atoms with E-state index in [2.05, 4.69) is 20.8 Å². The Labute approximate surface area is 167 Å². The lowest BCUT2D eigenvalue weighted by Crippen LogP contribution is -2.16. The number of carbonyl (C=O) groups excluding carboxylic acids is 1. The Morgan fingerprint density at radius 1 is 0.931 bits per heavy atom. The SMILES string of the molecule is CC(C)(C)c1ccc(-c2oc3ccccc3c(=O)c2OC(=O)c2ccco2)cc1. The summed E-state index contributed by atoms with van der Waals surface area (Å²) in [7, 11) is 0. The zero-order chi connectivity index (χ0) is 20.6. The number of benzene rings is 2. The van der Waals surface area contributed by atoms with Crippen molar-refractivity contribution in [3.63, 3.8) is 0 Å². The molecule has 0 atom stereocenters. The molecule has 0 amide bonds. The summed E-state index contributed by atoms with van der Waals surface area (Å²) in [6.45, 7) is 6.36.